The molecule has 3 N–H and O–H groups in total. The number of carbonyl (C=O) groups is 1. The molecule has 0 atom stereocenters. The Balaban J connectivity index is 1.83. The molecule has 0 fully saturated rings. The molecule has 3 aromatic rings. The van der Waals surface area contributed by atoms with Gasteiger partial charge in [0, 0.05) is 22.7 Å². The summed E-state index contributed by atoms with van der Waals surface area (Å²) in [7, 11) is -3.79. The van der Waals surface area contributed by atoms with Crippen molar-refractivity contribution in [2.75, 3.05) is 0 Å². The van der Waals surface area contributed by atoms with Crippen LogP contribution in [0.4, 0.5) is 0 Å². The lowest BCUT2D eigenvalue weighted by Gasteiger charge is -2.19. The van der Waals surface area contributed by atoms with Crippen LogP contribution in [-0.4, -0.2) is 25.1 Å². The van der Waals surface area contributed by atoms with Gasteiger partial charge in [-0.3, -0.25) is 4.79 Å². The average Bonchev–Trinajstić information content (AvgIpc) is 2.98. The summed E-state index contributed by atoms with van der Waals surface area (Å²) in [5.74, 6) is -0.464. The molecule has 0 bridgehead atoms. The first-order valence-corrected chi connectivity index (χ1v) is 10.6. The predicted octanol–water partition coefficient (Wildman–Crippen LogP) is 2.74. The van der Waals surface area contributed by atoms with Crippen LogP contribution in [0.1, 0.15) is 31.9 Å². The van der Waals surface area contributed by atoms with Gasteiger partial charge in [-0.05, 0) is 29.2 Å². The number of primary amides is 1. The summed E-state index contributed by atoms with van der Waals surface area (Å²) >= 11 is 0. The molecule has 0 aliphatic rings. The lowest BCUT2D eigenvalue weighted by molar-refractivity contribution is -0.118. The first-order chi connectivity index (χ1) is 13.6. The van der Waals surface area contributed by atoms with Crippen molar-refractivity contribution in [3.8, 4) is 0 Å². The van der Waals surface area contributed by atoms with Gasteiger partial charge in [0.15, 0.2) is 0 Å². The summed E-state index contributed by atoms with van der Waals surface area (Å²) in [6, 6.07) is 14.2. The Morgan fingerprint density at radius 2 is 1.79 bits per heavy atom. The smallest absolute Gasteiger partial charge is 0.276 e. The standard InChI is InChI=1S/C21H24N4O3S/c1-21(2,3)16-8-10-17(11-9-16)29(27,28)24-23-12-15-13-25(14-20(22)26)19-7-5-4-6-18(15)19/h4-13,24H,14H2,1-3H3,(H2,22,26)/b23-12-. The van der Waals surface area contributed by atoms with Crippen molar-refractivity contribution in [1.82, 2.24) is 9.40 Å². The van der Waals surface area contributed by atoms with Gasteiger partial charge in [0.2, 0.25) is 5.91 Å². The first kappa shape index (κ1) is 20.6. The van der Waals surface area contributed by atoms with E-state index in [9.17, 15) is 13.2 Å². The Hall–Kier alpha value is -3.13. The molecule has 0 aliphatic heterocycles. The van der Waals surface area contributed by atoms with Crippen molar-refractivity contribution >= 4 is 33.0 Å². The lowest BCUT2D eigenvalue weighted by atomic mass is 9.87. The molecule has 0 unspecified atom stereocenters. The van der Waals surface area contributed by atoms with E-state index in [0.717, 1.165) is 16.5 Å². The molecule has 0 saturated carbocycles. The second kappa shape index (κ2) is 7.71. The maximum absolute atomic E-state index is 12.5. The average molecular weight is 413 g/mol. The maximum Gasteiger partial charge on any atom is 0.276 e. The van der Waals surface area contributed by atoms with Crippen molar-refractivity contribution in [2.24, 2.45) is 10.8 Å². The Labute approximate surface area is 170 Å². The zero-order chi connectivity index (χ0) is 21.2. The summed E-state index contributed by atoms with van der Waals surface area (Å²) in [6.07, 6.45) is 3.13. The fraction of sp³-hybridized carbons (Fsp3) is 0.238. The van der Waals surface area contributed by atoms with Gasteiger partial charge >= 0.3 is 0 Å². The molecule has 7 nitrogen and oxygen atoms in total. The number of hydrogen-bond donors (Lipinski definition) is 2. The second-order valence-electron chi connectivity index (χ2n) is 7.82. The molecule has 29 heavy (non-hydrogen) atoms. The van der Waals surface area contributed by atoms with Gasteiger partial charge in [0.25, 0.3) is 10.0 Å². The SMILES string of the molecule is CC(C)(C)c1ccc(S(=O)(=O)N/N=C\c2cn(CC(N)=O)c3ccccc23)cc1. The molecule has 152 valence electrons. The normalized spacial score (nSPS) is 12.5. The molecule has 1 heterocycles. The highest BCUT2D eigenvalue weighted by Crippen LogP contribution is 2.23. The molecule has 0 aliphatic carbocycles. The number of amides is 1. The summed E-state index contributed by atoms with van der Waals surface area (Å²) in [4.78, 5) is 13.7. The Morgan fingerprint density at radius 3 is 2.41 bits per heavy atom. The molecule has 2 aromatic carbocycles. The summed E-state index contributed by atoms with van der Waals surface area (Å²) in [5.41, 5.74) is 7.77. The third-order valence-electron chi connectivity index (χ3n) is 4.55. The fourth-order valence-electron chi connectivity index (χ4n) is 3.03. The lowest BCUT2D eigenvalue weighted by Crippen LogP contribution is -2.19. The van der Waals surface area contributed by atoms with Gasteiger partial charge in [-0.25, -0.2) is 4.83 Å². The van der Waals surface area contributed by atoms with Crippen LogP contribution < -0.4 is 10.6 Å². The van der Waals surface area contributed by atoms with Crippen LogP contribution >= 0.6 is 0 Å². The van der Waals surface area contributed by atoms with Gasteiger partial charge in [0.05, 0.1) is 11.1 Å². The van der Waals surface area contributed by atoms with Crippen molar-refractivity contribution in [3.63, 3.8) is 0 Å². The number of nitrogens with zero attached hydrogens (tertiary/aromatic N) is 2. The Morgan fingerprint density at radius 1 is 1.14 bits per heavy atom. The highest BCUT2D eigenvalue weighted by Gasteiger charge is 2.17. The van der Waals surface area contributed by atoms with Crippen LogP contribution in [0.3, 0.4) is 0 Å². The van der Waals surface area contributed by atoms with E-state index in [-0.39, 0.29) is 16.9 Å². The number of hydrazone groups is 1. The van der Waals surface area contributed by atoms with E-state index in [1.54, 1.807) is 35.0 Å². The maximum atomic E-state index is 12.5. The number of nitrogens with one attached hydrogen (secondary N) is 1. The van der Waals surface area contributed by atoms with E-state index in [4.69, 9.17) is 5.73 Å². The molecule has 8 heteroatoms. The molecular formula is C21H24N4O3S. The van der Waals surface area contributed by atoms with Gasteiger partial charge in [0.1, 0.15) is 6.54 Å². The number of hydrogen-bond acceptors (Lipinski definition) is 4. The molecule has 0 radical (unpaired) electrons. The summed E-state index contributed by atoms with van der Waals surface area (Å²) in [6.45, 7) is 6.22. The van der Waals surface area contributed by atoms with Crippen molar-refractivity contribution in [3.05, 3.63) is 65.9 Å². The van der Waals surface area contributed by atoms with Crippen LogP contribution in [0.5, 0.6) is 0 Å². The quantitative estimate of drug-likeness (QED) is 0.480. The minimum atomic E-state index is -3.79. The van der Waals surface area contributed by atoms with Crippen LogP contribution in [0, 0.1) is 0 Å². The Bertz CT molecular complexity index is 1170. The van der Waals surface area contributed by atoms with Crippen LogP contribution in [0.25, 0.3) is 10.9 Å². The number of rotatable bonds is 6. The second-order valence-corrected chi connectivity index (χ2v) is 9.48. The van der Waals surface area contributed by atoms with E-state index in [0.29, 0.717) is 5.56 Å². The zero-order valence-electron chi connectivity index (χ0n) is 16.6. The largest absolute Gasteiger partial charge is 0.368 e. The topological polar surface area (TPSA) is 107 Å². The monoisotopic (exact) mass is 412 g/mol. The highest BCUT2D eigenvalue weighted by molar-refractivity contribution is 7.89. The highest BCUT2D eigenvalue weighted by atomic mass is 32.2. The molecular weight excluding hydrogens is 388 g/mol. The number of para-hydroxylation sites is 1. The number of sulfonamides is 1. The third kappa shape index (κ3) is 4.65. The van der Waals surface area contributed by atoms with Crippen molar-refractivity contribution in [1.29, 1.82) is 0 Å². The van der Waals surface area contributed by atoms with E-state index in [1.165, 1.54) is 6.21 Å². The molecule has 0 spiro atoms. The number of aromatic nitrogens is 1. The molecule has 1 aromatic heterocycles. The number of fused-ring (bicyclic) bond motifs is 1. The molecule has 1 amide bonds. The Kier molecular flexibility index (Phi) is 5.48. The van der Waals surface area contributed by atoms with Gasteiger partial charge in [-0.1, -0.05) is 51.1 Å². The van der Waals surface area contributed by atoms with Crippen molar-refractivity contribution < 1.29 is 13.2 Å². The van der Waals surface area contributed by atoms with E-state index in [1.807, 2.05) is 24.3 Å². The van der Waals surface area contributed by atoms with E-state index in [2.05, 4.69) is 30.7 Å². The molecule has 0 saturated heterocycles. The van der Waals surface area contributed by atoms with Crippen LogP contribution in [0.2, 0.25) is 0 Å². The van der Waals surface area contributed by atoms with Crippen molar-refractivity contribution in [2.45, 2.75) is 37.6 Å². The number of nitrogens with two attached hydrogens (primary N) is 1. The van der Waals surface area contributed by atoms with Crippen LogP contribution in [-0.2, 0) is 26.8 Å². The fourth-order valence-corrected chi connectivity index (χ4v) is 3.82. The minimum Gasteiger partial charge on any atom is -0.368 e. The summed E-state index contributed by atoms with van der Waals surface area (Å²) < 4.78 is 26.7. The summed E-state index contributed by atoms with van der Waals surface area (Å²) in [5, 5.41) is 4.75. The first-order valence-electron chi connectivity index (χ1n) is 9.09. The minimum absolute atomic E-state index is 0.0280. The van der Waals surface area contributed by atoms with Gasteiger partial charge < -0.3 is 10.3 Å². The predicted molar refractivity (Wildman–Crippen MR) is 114 cm³/mol. The number of benzene rings is 2. The van der Waals surface area contributed by atoms with Gasteiger partial charge in [-0.15, -0.1) is 0 Å². The number of carbonyl (C=O) groups excluding carboxylic acids is 1. The van der Waals surface area contributed by atoms with Gasteiger partial charge in [-0.2, -0.15) is 13.5 Å². The van der Waals surface area contributed by atoms with E-state index < -0.39 is 15.9 Å². The third-order valence-corrected chi connectivity index (χ3v) is 5.79. The van der Waals surface area contributed by atoms with Crippen LogP contribution in [0.15, 0.2) is 64.7 Å². The molecule has 3 rings (SSSR count). The zero-order valence-corrected chi connectivity index (χ0v) is 17.4. The van der Waals surface area contributed by atoms with E-state index >= 15 is 0 Å².